The minimum absolute atomic E-state index is 0.0700. The Kier molecular flexibility index (Phi) is 8.53. The van der Waals surface area contributed by atoms with Gasteiger partial charge < -0.3 is 24.5 Å². The number of aryl methyl sites for hydroxylation is 1. The van der Waals surface area contributed by atoms with Crippen LogP contribution in [0.3, 0.4) is 0 Å². The molecule has 1 fully saturated rings. The van der Waals surface area contributed by atoms with Crippen LogP contribution in [0.5, 0.6) is 0 Å². The first-order valence-corrected chi connectivity index (χ1v) is 12.3. The molecule has 3 aromatic rings. The molecule has 1 amide bonds. The number of ether oxygens (including phenoxy) is 1. The number of alkyl halides is 1. The molecular formula is C27H32FN3O5. The third kappa shape index (κ3) is 6.81. The third-order valence-corrected chi connectivity index (χ3v) is 6.37. The molecule has 0 spiro atoms. The van der Waals surface area contributed by atoms with E-state index in [1.54, 1.807) is 11.0 Å². The monoisotopic (exact) mass is 497 g/mol. The second-order valence-corrected chi connectivity index (χ2v) is 9.25. The highest BCUT2D eigenvalue weighted by Crippen LogP contribution is 2.26. The van der Waals surface area contributed by atoms with E-state index >= 15 is 0 Å². The number of fused-ring (bicyclic) bond motifs is 1. The SMILES string of the molecule is Cc1ccccc1Nc1nc2ccc(CC(=O)N3C[C@@H](F)C[C@H]3COCCCCCC(=O)O)cc2o1. The van der Waals surface area contributed by atoms with Gasteiger partial charge in [0.25, 0.3) is 6.01 Å². The molecule has 0 aliphatic carbocycles. The van der Waals surface area contributed by atoms with Gasteiger partial charge in [-0.25, -0.2) is 4.39 Å². The summed E-state index contributed by atoms with van der Waals surface area (Å²) in [6, 6.07) is 13.4. The van der Waals surface area contributed by atoms with Gasteiger partial charge in [0.1, 0.15) is 11.7 Å². The van der Waals surface area contributed by atoms with E-state index in [1.165, 1.54) is 0 Å². The second-order valence-electron chi connectivity index (χ2n) is 9.25. The fourth-order valence-electron chi connectivity index (χ4n) is 4.44. The second kappa shape index (κ2) is 12.0. The van der Waals surface area contributed by atoms with Gasteiger partial charge in [0.2, 0.25) is 5.91 Å². The highest BCUT2D eigenvalue weighted by Gasteiger charge is 2.35. The number of nitrogens with zero attached hydrogens (tertiary/aromatic N) is 2. The minimum Gasteiger partial charge on any atom is -0.481 e. The Bertz CT molecular complexity index is 1200. The van der Waals surface area contributed by atoms with Gasteiger partial charge in [-0.2, -0.15) is 4.98 Å². The first-order valence-electron chi connectivity index (χ1n) is 12.3. The van der Waals surface area contributed by atoms with Crippen molar-refractivity contribution in [2.45, 2.75) is 57.7 Å². The molecule has 9 heteroatoms. The Labute approximate surface area is 209 Å². The van der Waals surface area contributed by atoms with Crippen LogP contribution in [-0.2, 0) is 20.7 Å². The molecule has 192 valence electrons. The Balaban J connectivity index is 1.31. The van der Waals surface area contributed by atoms with Gasteiger partial charge in [-0.3, -0.25) is 9.59 Å². The van der Waals surface area contributed by atoms with Crippen molar-refractivity contribution in [2.24, 2.45) is 0 Å². The summed E-state index contributed by atoms with van der Waals surface area (Å²) in [5, 5.41) is 11.9. The summed E-state index contributed by atoms with van der Waals surface area (Å²) >= 11 is 0. The van der Waals surface area contributed by atoms with Crippen molar-refractivity contribution in [3.63, 3.8) is 0 Å². The maximum absolute atomic E-state index is 14.2. The fourth-order valence-corrected chi connectivity index (χ4v) is 4.44. The van der Waals surface area contributed by atoms with Crippen LogP contribution in [0, 0.1) is 6.92 Å². The van der Waals surface area contributed by atoms with Crippen LogP contribution in [-0.4, -0.2) is 58.8 Å². The minimum atomic E-state index is -1.06. The van der Waals surface area contributed by atoms with Crippen LogP contribution in [0.1, 0.15) is 43.2 Å². The zero-order chi connectivity index (χ0) is 25.5. The van der Waals surface area contributed by atoms with Gasteiger partial charge in [-0.15, -0.1) is 0 Å². The fraction of sp³-hybridized carbons (Fsp3) is 0.444. The number of likely N-dealkylation sites (tertiary alicyclic amines) is 1. The lowest BCUT2D eigenvalue weighted by Gasteiger charge is -2.24. The average molecular weight is 498 g/mol. The maximum atomic E-state index is 14.2. The number of hydrogen-bond acceptors (Lipinski definition) is 6. The number of hydrogen-bond donors (Lipinski definition) is 2. The van der Waals surface area contributed by atoms with Gasteiger partial charge in [0, 0.05) is 25.1 Å². The molecule has 0 radical (unpaired) electrons. The number of halogens is 1. The molecule has 8 nitrogen and oxygen atoms in total. The van der Waals surface area contributed by atoms with Crippen LogP contribution < -0.4 is 5.32 Å². The summed E-state index contributed by atoms with van der Waals surface area (Å²) in [4.78, 5) is 29.6. The number of anilines is 2. The molecular weight excluding hydrogens is 465 g/mol. The predicted molar refractivity (Wildman–Crippen MR) is 134 cm³/mol. The van der Waals surface area contributed by atoms with E-state index in [2.05, 4.69) is 10.3 Å². The Morgan fingerprint density at radius 2 is 2.06 bits per heavy atom. The predicted octanol–water partition coefficient (Wildman–Crippen LogP) is 5.02. The van der Waals surface area contributed by atoms with Crippen LogP contribution in [0.4, 0.5) is 16.1 Å². The van der Waals surface area contributed by atoms with E-state index in [4.69, 9.17) is 14.3 Å². The Morgan fingerprint density at radius 3 is 2.86 bits per heavy atom. The van der Waals surface area contributed by atoms with Gasteiger partial charge >= 0.3 is 5.97 Å². The summed E-state index contributed by atoms with van der Waals surface area (Å²) in [7, 11) is 0. The molecule has 2 heterocycles. The van der Waals surface area contributed by atoms with E-state index in [0.29, 0.717) is 30.1 Å². The van der Waals surface area contributed by atoms with Crippen molar-refractivity contribution in [1.82, 2.24) is 9.88 Å². The lowest BCUT2D eigenvalue weighted by Crippen LogP contribution is -2.39. The summed E-state index contributed by atoms with van der Waals surface area (Å²) in [6.07, 6.45) is 1.60. The molecule has 1 saturated heterocycles. The number of para-hydroxylation sites is 1. The number of aromatic nitrogens is 1. The Hall–Kier alpha value is -3.46. The topological polar surface area (TPSA) is 105 Å². The van der Waals surface area contributed by atoms with Gasteiger partial charge in [-0.1, -0.05) is 30.7 Å². The van der Waals surface area contributed by atoms with Crippen molar-refractivity contribution in [3.8, 4) is 0 Å². The molecule has 1 aliphatic rings. The normalized spacial score (nSPS) is 17.6. The highest BCUT2D eigenvalue weighted by atomic mass is 19.1. The van der Waals surface area contributed by atoms with Gasteiger partial charge in [0.15, 0.2) is 5.58 Å². The number of carboxylic acids is 1. The van der Waals surface area contributed by atoms with Crippen LogP contribution in [0.15, 0.2) is 46.9 Å². The van der Waals surface area contributed by atoms with E-state index in [-0.39, 0.29) is 44.4 Å². The number of carbonyl (C=O) groups is 2. The Morgan fingerprint density at radius 1 is 1.22 bits per heavy atom. The number of nitrogens with one attached hydrogen (secondary N) is 1. The van der Waals surface area contributed by atoms with E-state index < -0.39 is 12.1 Å². The summed E-state index contributed by atoms with van der Waals surface area (Å²) in [5.41, 5.74) is 4.00. The van der Waals surface area contributed by atoms with Crippen LogP contribution in [0.2, 0.25) is 0 Å². The molecule has 2 aromatic carbocycles. The number of carboxylic acid groups (broad SMARTS) is 1. The number of rotatable bonds is 12. The molecule has 0 bridgehead atoms. The van der Waals surface area contributed by atoms with Crippen molar-refractivity contribution in [1.29, 1.82) is 0 Å². The largest absolute Gasteiger partial charge is 0.481 e. The molecule has 2 N–H and O–H groups in total. The van der Waals surface area contributed by atoms with Crippen molar-refractivity contribution >= 4 is 34.7 Å². The van der Waals surface area contributed by atoms with E-state index in [0.717, 1.165) is 29.7 Å². The highest BCUT2D eigenvalue weighted by molar-refractivity contribution is 5.82. The lowest BCUT2D eigenvalue weighted by atomic mass is 10.1. The number of amides is 1. The first kappa shape index (κ1) is 25.6. The number of unbranched alkanes of at least 4 members (excludes halogenated alkanes) is 2. The van der Waals surface area contributed by atoms with Crippen molar-refractivity contribution in [3.05, 3.63) is 53.6 Å². The maximum Gasteiger partial charge on any atom is 0.303 e. The molecule has 36 heavy (non-hydrogen) atoms. The quantitative estimate of drug-likeness (QED) is 0.339. The molecule has 0 unspecified atom stereocenters. The first-order chi connectivity index (χ1) is 17.4. The molecule has 1 aliphatic heterocycles. The number of aliphatic carboxylic acids is 1. The lowest BCUT2D eigenvalue weighted by molar-refractivity contribution is -0.137. The molecule has 1 aromatic heterocycles. The molecule has 0 saturated carbocycles. The molecule has 4 rings (SSSR count). The van der Waals surface area contributed by atoms with Gasteiger partial charge in [0.05, 0.1) is 25.6 Å². The number of carbonyl (C=O) groups excluding carboxylic acids is 1. The summed E-state index contributed by atoms with van der Waals surface area (Å²) in [5.74, 6) is -0.950. The van der Waals surface area contributed by atoms with E-state index in [1.807, 2.05) is 43.3 Å². The van der Waals surface area contributed by atoms with Crippen molar-refractivity contribution in [2.75, 3.05) is 25.1 Å². The van der Waals surface area contributed by atoms with Crippen LogP contribution >= 0.6 is 0 Å². The van der Waals surface area contributed by atoms with Crippen molar-refractivity contribution < 1.29 is 28.2 Å². The number of oxazole rings is 1. The smallest absolute Gasteiger partial charge is 0.303 e. The molecule has 2 atom stereocenters. The summed E-state index contributed by atoms with van der Waals surface area (Å²) < 4.78 is 25.7. The number of benzene rings is 2. The standard InChI is InChI=1S/C27H32FN3O5/c1-18-7-4-5-8-22(18)29-27-30-23-11-10-19(13-24(23)36-27)14-25(32)31-16-20(28)15-21(31)17-35-12-6-2-3-9-26(33)34/h4-5,7-8,10-11,13,20-21H,2-3,6,9,12,14-17H2,1H3,(H,29,30)(H,33,34)/t20-,21-/m0/s1. The zero-order valence-electron chi connectivity index (χ0n) is 20.4. The average Bonchev–Trinajstić information content (AvgIpc) is 3.41. The summed E-state index contributed by atoms with van der Waals surface area (Å²) in [6.45, 7) is 2.81. The zero-order valence-corrected chi connectivity index (χ0v) is 20.4. The van der Waals surface area contributed by atoms with Gasteiger partial charge in [-0.05, 0) is 49.1 Å². The van der Waals surface area contributed by atoms with Crippen LogP contribution in [0.25, 0.3) is 11.1 Å². The third-order valence-electron chi connectivity index (χ3n) is 6.37. The van der Waals surface area contributed by atoms with E-state index in [9.17, 15) is 14.0 Å².